The van der Waals surface area contributed by atoms with Crippen LogP contribution in [0.15, 0.2) is 82.7 Å². The molecule has 0 aliphatic heterocycles. The summed E-state index contributed by atoms with van der Waals surface area (Å²) in [6, 6.07) is 23.7. The predicted octanol–water partition coefficient (Wildman–Crippen LogP) is 5.40. The molecule has 0 saturated carbocycles. The summed E-state index contributed by atoms with van der Waals surface area (Å²) in [5.41, 5.74) is 5.40. The fraction of sp³-hybridized carbons (Fsp3) is 0.250. The summed E-state index contributed by atoms with van der Waals surface area (Å²) in [6.07, 6.45) is 0.922. The normalized spacial score (nSPS) is 11.0. The highest BCUT2D eigenvalue weighted by Crippen LogP contribution is 2.24. The lowest BCUT2D eigenvalue weighted by atomic mass is 10.1. The van der Waals surface area contributed by atoms with E-state index in [-0.39, 0.29) is 11.5 Å². The number of benzene rings is 3. The van der Waals surface area contributed by atoms with E-state index in [0.29, 0.717) is 42.0 Å². The second kappa shape index (κ2) is 11.2. The van der Waals surface area contributed by atoms with Gasteiger partial charge in [0.05, 0.1) is 10.9 Å². The number of nitrogens with zero attached hydrogens (tertiary/aromatic N) is 2. The van der Waals surface area contributed by atoms with Crippen LogP contribution in [0.4, 0.5) is 0 Å². The van der Waals surface area contributed by atoms with Gasteiger partial charge in [0.1, 0.15) is 0 Å². The second-order valence-electron chi connectivity index (χ2n) is 8.45. The molecule has 0 atom stereocenters. The SMILES string of the molecule is Cc1ccc(CSc2nc3ccccc3c(=O)n2CCCC(=O)NCc2ccccc2)c(C)c1. The summed E-state index contributed by atoms with van der Waals surface area (Å²) >= 11 is 1.57. The maximum Gasteiger partial charge on any atom is 0.262 e. The molecule has 0 fully saturated rings. The molecule has 0 bridgehead atoms. The molecular weight excluding hydrogens is 442 g/mol. The van der Waals surface area contributed by atoms with E-state index in [4.69, 9.17) is 4.98 Å². The average molecular weight is 472 g/mol. The minimum absolute atomic E-state index is 0.0184. The van der Waals surface area contributed by atoms with Crippen molar-refractivity contribution in [2.45, 2.75) is 50.7 Å². The average Bonchev–Trinajstić information content (AvgIpc) is 2.84. The van der Waals surface area contributed by atoms with Crippen LogP contribution in [0.25, 0.3) is 10.9 Å². The maximum absolute atomic E-state index is 13.3. The third-order valence-corrected chi connectivity index (χ3v) is 6.82. The third kappa shape index (κ3) is 5.94. The van der Waals surface area contributed by atoms with Crippen LogP contribution in [0.1, 0.15) is 35.1 Å². The summed E-state index contributed by atoms with van der Waals surface area (Å²) in [4.78, 5) is 30.4. The predicted molar refractivity (Wildman–Crippen MR) is 139 cm³/mol. The number of aromatic nitrogens is 2. The fourth-order valence-corrected chi connectivity index (χ4v) is 4.99. The van der Waals surface area contributed by atoms with Crippen LogP contribution in [-0.4, -0.2) is 15.5 Å². The number of rotatable bonds is 9. The smallest absolute Gasteiger partial charge is 0.262 e. The van der Waals surface area contributed by atoms with Gasteiger partial charge in [-0.1, -0.05) is 78.0 Å². The molecule has 0 unspecified atom stereocenters. The van der Waals surface area contributed by atoms with E-state index in [1.165, 1.54) is 16.7 Å². The van der Waals surface area contributed by atoms with Gasteiger partial charge in [-0.2, -0.15) is 0 Å². The Labute approximate surface area is 204 Å². The van der Waals surface area contributed by atoms with E-state index >= 15 is 0 Å². The quantitative estimate of drug-likeness (QED) is 0.262. The third-order valence-electron chi connectivity index (χ3n) is 5.80. The Bertz CT molecular complexity index is 1350. The molecule has 0 saturated heterocycles. The van der Waals surface area contributed by atoms with Gasteiger partial charge in [-0.3, -0.25) is 14.2 Å². The zero-order valence-electron chi connectivity index (χ0n) is 19.6. The Balaban J connectivity index is 1.47. The minimum Gasteiger partial charge on any atom is -0.352 e. The molecule has 1 amide bonds. The lowest BCUT2D eigenvalue weighted by Gasteiger charge is -2.14. The van der Waals surface area contributed by atoms with Crippen LogP contribution in [0.5, 0.6) is 0 Å². The van der Waals surface area contributed by atoms with Gasteiger partial charge in [0.15, 0.2) is 5.16 Å². The monoisotopic (exact) mass is 471 g/mol. The molecule has 4 rings (SSSR count). The first-order valence-electron chi connectivity index (χ1n) is 11.5. The highest BCUT2D eigenvalue weighted by Gasteiger charge is 2.13. The number of fused-ring (bicyclic) bond motifs is 1. The molecule has 0 aliphatic carbocycles. The van der Waals surface area contributed by atoms with Crippen LogP contribution >= 0.6 is 11.8 Å². The lowest BCUT2D eigenvalue weighted by molar-refractivity contribution is -0.121. The molecular formula is C28H29N3O2S. The van der Waals surface area contributed by atoms with Crippen molar-refractivity contribution in [3.05, 3.63) is 105 Å². The number of nitrogens with one attached hydrogen (secondary N) is 1. The molecule has 4 aromatic rings. The molecule has 0 aliphatic rings. The molecule has 0 radical (unpaired) electrons. The van der Waals surface area contributed by atoms with Crippen LogP contribution in [0, 0.1) is 13.8 Å². The summed E-state index contributed by atoms with van der Waals surface area (Å²) in [5, 5.41) is 4.25. The largest absolute Gasteiger partial charge is 0.352 e. The molecule has 1 aromatic heterocycles. The first-order chi connectivity index (χ1) is 16.5. The van der Waals surface area contributed by atoms with E-state index in [2.05, 4.69) is 37.4 Å². The van der Waals surface area contributed by atoms with E-state index in [0.717, 1.165) is 11.3 Å². The molecule has 5 nitrogen and oxygen atoms in total. The van der Waals surface area contributed by atoms with Crippen molar-refractivity contribution >= 4 is 28.6 Å². The van der Waals surface area contributed by atoms with Crippen molar-refractivity contribution < 1.29 is 4.79 Å². The standard InChI is InChI=1S/C28H29N3O2S/c1-20-14-15-23(21(2)17-20)19-34-28-30-25-12-7-6-11-24(25)27(33)31(28)16-8-13-26(32)29-18-22-9-4-3-5-10-22/h3-7,9-12,14-15,17H,8,13,16,18-19H2,1-2H3,(H,29,32). The van der Waals surface area contributed by atoms with E-state index in [1.54, 1.807) is 16.3 Å². The van der Waals surface area contributed by atoms with Gasteiger partial charge < -0.3 is 5.32 Å². The number of amides is 1. The van der Waals surface area contributed by atoms with Gasteiger partial charge in [-0.15, -0.1) is 0 Å². The number of carbonyl (C=O) groups excluding carboxylic acids is 1. The minimum atomic E-state index is -0.0570. The maximum atomic E-state index is 13.3. The summed E-state index contributed by atoms with van der Waals surface area (Å²) in [6.45, 7) is 5.15. The molecule has 174 valence electrons. The van der Waals surface area contributed by atoms with Gasteiger partial charge in [0.2, 0.25) is 5.91 Å². The summed E-state index contributed by atoms with van der Waals surface area (Å²) < 4.78 is 1.72. The van der Waals surface area contributed by atoms with Gasteiger partial charge >= 0.3 is 0 Å². The van der Waals surface area contributed by atoms with E-state index in [1.807, 2.05) is 54.6 Å². The molecule has 34 heavy (non-hydrogen) atoms. The van der Waals surface area contributed by atoms with Gasteiger partial charge in [-0.25, -0.2) is 4.98 Å². The van der Waals surface area contributed by atoms with E-state index < -0.39 is 0 Å². The number of carbonyl (C=O) groups is 1. The Hall–Kier alpha value is -3.38. The first kappa shape index (κ1) is 23.8. The fourth-order valence-electron chi connectivity index (χ4n) is 3.89. The topological polar surface area (TPSA) is 64.0 Å². The zero-order chi connectivity index (χ0) is 23.9. The van der Waals surface area contributed by atoms with Crippen molar-refractivity contribution in [3.8, 4) is 0 Å². The number of hydrogen-bond acceptors (Lipinski definition) is 4. The zero-order valence-corrected chi connectivity index (χ0v) is 20.4. The van der Waals surface area contributed by atoms with Crippen molar-refractivity contribution in [3.63, 3.8) is 0 Å². The Morgan fingerprint density at radius 2 is 1.76 bits per heavy atom. The highest BCUT2D eigenvalue weighted by atomic mass is 32.2. The number of para-hydroxylation sites is 1. The van der Waals surface area contributed by atoms with Crippen LogP contribution in [0.3, 0.4) is 0 Å². The van der Waals surface area contributed by atoms with Gasteiger partial charge in [0, 0.05) is 25.3 Å². The van der Waals surface area contributed by atoms with E-state index in [9.17, 15) is 9.59 Å². The molecule has 1 heterocycles. The van der Waals surface area contributed by atoms with Crippen LogP contribution < -0.4 is 10.9 Å². The molecule has 3 aromatic carbocycles. The summed E-state index contributed by atoms with van der Waals surface area (Å²) in [5.74, 6) is 0.712. The van der Waals surface area contributed by atoms with Crippen molar-refractivity contribution in [2.24, 2.45) is 0 Å². The molecule has 0 spiro atoms. The second-order valence-corrected chi connectivity index (χ2v) is 9.40. The molecule has 1 N–H and O–H groups in total. The summed E-state index contributed by atoms with van der Waals surface area (Å²) in [7, 11) is 0. The van der Waals surface area contributed by atoms with Crippen LogP contribution in [0.2, 0.25) is 0 Å². The molecule has 6 heteroatoms. The number of hydrogen-bond donors (Lipinski definition) is 1. The highest BCUT2D eigenvalue weighted by molar-refractivity contribution is 7.98. The Morgan fingerprint density at radius 1 is 1.00 bits per heavy atom. The lowest BCUT2D eigenvalue weighted by Crippen LogP contribution is -2.26. The van der Waals surface area contributed by atoms with Gasteiger partial charge in [-0.05, 0) is 49.1 Å². The van der Waals surface area contributed by atoms with Crippen molar-refractivity contribution in [2.75, 3.05) is 0 Å². The van der Waals surface area contributed by atoms with Crippen molar-refractivity contribution in [1.82, 2.24) is 14.9 Å². The number of aryl methyl sites for hydroxylation is 2. The first-order valence-corrected chi connectivity index (χ1v) is 12.5. The Kier molecular flexibility index (Phi) is 7.80. The van der Waals surface area contributed by atoms with Gasteiger partial charge in [0.25, 0.3) is 5.56 Å². The number of thioether (sulfide) groups is 1. The van der Waals surface area contributed by atoms with Crippen molar-refractivity contribution in [1.29, 1.82) is 0 Å². The van der Waals surface area contributed by atoms with Crippen LogP contribution in [-0.2, 0) is 23.6 Å². The Morgan fingerprint density at radius 3 is 2.56 bits per heavy atom.